The summed E-state index contributed by atoms with van der Waals surface area (Å²) >= 11 is 1.29. The molecular weight excluding hydrogens is 590 g/mol. The number of allylic oxidation sites excluding steroid dienone is 1. The van der Waals surface area contributed by atoms with E-state index in [9.17, 15) is 14.4 Å². The van der Waals surface area contributed by atoms with Gasteiger partial charge in [0.2, 0.25) is 0 Å². The molecule has 1 atom stereocenters. The number of hydrogen-bond acceptors (Lipinski definition) is 8. The normalized spacial score (nSPS) is 14.6. The third kappa shape index (κ3) is 5.78. The van der Waals surface area contributed by atoms with E-state index in [2.05, 4.69) is 4.57 Å². The minimum atomic E-state index is -0.727. The largest absolute Gasteiger partial charge is 0.497 e. The molecule has 0 radical (unpaired) electrons. The van der Waals surface area contributed by atoms with Crippen molar-refractivity contribution in [3.05, 3.63) is 113 Å². The zero-order valence-corrected chi connectivity index (χ0v) is 27.4. The van der Waals surface area contributed by atoms with Gasteiger partial charge in [0.25, 0.3) is 5.56 Å². The van der Waals surface area contributed by atoms with Crippen molar-refractivity contribution < 1.29 is 23.8 Å². The number of thiazole rings is 1. The van der Waals surface area contributed by atoms with Crippen molar-refractivity contribution in [3.63, 3.8) is 0 Å². The summed E-state index contributed by atoms with van der Waals surface area (Å²) in [6.07, 6.45) is 3.20. The quantitative estimate of drug-likeness (QED) is 0.240. The predicted octanol–water partition coefficient (Wildman–Crippen LogP) is 5.09. The Bertz CT molecular complexity index is 2010. The molecule has 1 aliphatic heterocycles. The van der Waals surface area contributed by atoms with E-state index < -0.39 is 18.0 Å². The molecule has 45 heavy (non-hydrogen) atoms. The lowest BCUT2D eigenvalue weighted by Crippen LogP contribution is -2.40. The van der Waals surface area contributed by atoms with Crippen molar-refractivity contribution in [1.82, 2.24) is 9.13 Å². The Hall–Kier alpha value is -4.70. The van der Waals surface area contributed by atoms with Gasteiger partial charge in [0.1, 0.15) is 5.75 Å². The van der Waals surface area contributed by atoms with Crippen LogP contribution < -0.4 is 19.6 Å². The topological polar surface area (TPSA) is 101 Å². The predicted molar refractivity (Wildman–Crippen MR) is 174 cm³/mol. The molecule has 0 aliphatic carbocycles. The van der Waals surface area contributed by atoms with Crippen LogP contribution in [-0.4, -0.2) is 41.9 Å². The molecule has 3 heterocycles. The molecule has 0 amide bonds. The Morgan fingerprint density at radius 3 is 2.47 bits per heavy atom. The van der Waals surface area contributed by atoms with Gasteiger partial charge < -0.3 is 18.8 Å². The number of rotatable bonds is 9. The summed E-state index contributed by atoms with van der Waals surface area (Å²) in [4.78, 5) is 45.5. The minimum absolute atomic E-state index is 0.203. The number of hydrogen-bond donors (Lipinski definition) is 0. The highest BCUT2D eigenvalue weighted by atomic mass is 32.1. The Balaban J connectivity index is 1.72. The van der Waals surface area contributed by atoms with Gasteiger partial charge in [-0.1, -0.05) is 42.9 Å². The van der Waals surface area contributed by atoms with E-state index in [1.165, 1.54) is 18.4 Å². The second kappa shape index (κ2) is 13.1. The van der Waals surface area contributed by atoms with Gasteiger partial charge in [-0.25, -0.2) is 14.6 Å². The smallest absolute Gasteiger partial charge is 0.338 e. The highest BCUT2D eigenvalue weighted by Gasteiger charge is 2.34. The van der Waals surface area contributed by atoms with E-state index in [4.69, 9.17) is 19.2 Å². The lowest BCUT2D eigenvalue weighted by atomic mass is 9.94. The molecule has 0 fully saturated rings. The van der Waals surface area contributed by atoms with Crippen LogP contribution in [0, 0.1) is 20.8 Å². The van der Waals surface area contributed by atoms with Gasteiger partial charge in [-0.3, -0.25) is 9.36 Å². The third-order valence-corrected chi connectivity index (χ3v) is 8.99. The lowest BCUT2D eigenvalue weighted by Gasteiger charge is -2.26. The Morgan fingerprint density at radius 2 is 1.78 bits per heavy atom. The molecule has 9 nitrogen and oxygen atoms in total. The van der Waals surface area contributed by atoms with Crippen molar-refractivity contribution in [2.75, 3.05) is 20.8 Å². The van der Waals surface area contributed by atoms with Crippen molar-refractivity contribution in [2.24, 2.45) is 4.99 Å². The summed E-state index contributed by atoms with van der Waals surface area (Å²) in [6, 6.07) is 14.2. The maximum atomic E-state index is 14.2. The van der Waals surface area contributed by atoms with E-state index in [0.29, 0.717) is 38.3 Å². The molecule has 0 saturated heterocycles. The minimum Gasteiger partial charge on any atom is -0.497 e. The first-order valence-electron chi connectivity index (χ1n) is 14.9. The molecule has 0 bridgehead atoms. The molecular formula is C35H37N3O6S. The van der Waals surface area contributed by atoms with Gasteiger partial charge in [0.15, 0.2) is 4.80 Å². The van der Waals surface area contributed by atoms with Crippen molar-refractivity contribution in [2.45, 2.75) is 53.5 Å². The number of methoxy groups -OCH3 is 2. The number of carbonyl (C=O) groups is 2. The van der Waals surface area contributed by atoms with Crippen LogP contribution in [0.25, 0.3) is 11.8 Å². The number of aromatic nitrogens is 2. The summed E-state index contributed by atoms with van der Waals surface area (Å²) in [5.41, 5.74) is 6.33. The second-order valence-corrected chi connectivity index (χ2v) is 11.8. The average Bonchev–Trinajstić information content (AvgIpc) is 3.49. The fourth-order valence-electron chi connectivity index (χ4n) is 5.89. The number of ether oxygens (including phenoxy) is 3. The maximum absolute atomic E-state index is 14.2. The molecule has 0 saturated carbocycles. The number of benzene rings is 2. The van der Waals surface area contributed by atoms with Gasteiger partial charge in [-0.15, -0.1) is 0 Å². The van der Waals surface area contributed by atoms with Gasteiger partial charge >= 0.3 is 11.9 Å². The number of nitrogens with zero attached hydrogens (tertiary/aromatic N) is 3. The van der Waals surface area contributed by atoms with E-state index in [0.717, 1.165) is 40.2 Å². The average molecular weight is 628 g/mol. The van der Waals surface area contributed by atoms with Crippen molar-refractivity contribution in [1.29, 1.82) is 0 Å². The first-order valence-corrected chi connectivity index (χ1v) is 15.7. The zero-order chi connectivity index (χ0) is 32.4. The molecule has 0 unspecified atom stereocenters. The first-order chi connectivity index (χ1) is 21.6. The van der Waals surface area contributed by atoms with E-state index in [-0.39, 0.29) is 12.2 Å². The highest BCUT2D eigenvalue weighted by Crippen LogP contribution is 2.34. The molecule has 2 aromatic carbocycles. The standard InChI is InChI=1S/C35H37N3O6S/c1-8-12-27-30(34(41)44-9-2)31(23-13-10-14-25(18-23)42-6)38-32(39)29(45-35(38)36-27)19-24-17-20(3)37(22(24)5)28-16-11-15-26(21(28)4)33(40)43-7/h10-11,13-19,31H,8-9,12H2,1-7H3/b29-19+/t31-/m1/s1. The molecule has 0 N–H and O–H groups in total. The Kier molecular flexibility index (Phi) is 9.24. The van der Waals surface area contributed by atoms with Crippen LogP contribution in [0.2, 0.25) is 0 Å². The van der Waals surface area contributed by atoms with Crippen LogP contribution in [-0.2, 0) is 14.3 Å². The summed E-state index contributed by atoms with van der Waals surface area (Å²) in [7, 11) is 2.95. The summed E-state index contributed by atoms with van der Waals surface area (Å²) in [6.45, 7) is 9.86. The lowest BCUT2D eigenvalue weighted by molar-refractivity contribution is -0.139. The highest BCUT2D eigenvalue weighted by molar-refractivity contribution is 7.07. The number of aryl methyl sites for hydroxylation is 1. The monoisotopic (exact) mass is 627 g/mol. The van der Waals surface area contributed by atoms with E-state index in [1.54, 1.807) is 24.7 Å². The molecule has 1 aliphatic rings. The van der Waals surface area contributed by atoms with Gasteiger partial charge in [-0.05, 0) is 87.2 Å². The fraction of sp³-hybridized carbons (Fsp3) is 0.314. The molecule has 10 heteroatoms. The van der Waals surface area contributed by atoms with E-state index >= 15 is 0 Å². The van der Waals surface area contributed by atoms with Crippen LogP contribution in [0.5, 0.6) is 5.75 Å². The zero-order valence-electron chi connectivity index (χ0n) is 26.6. The van der Waals surface area contributed by atoms with Crippen LogP contribution in [0.1, 0.15) is 71.2 Å². The Morgan fingerprint density at radius 1 is 1.02 bits per heavy atom. The van der Waals surface area contributed by atoms with Crippen molar-refractivity contribution in [3.8, 4) is 11.4 Å². The molecule has 0 spiro atoms. The number of carbonyl (C=O) groups excluding carboxylic acids is 2. The summed E-state index contributed by atoms with van der Waals surface area (Å²) in [5, 5.41) is 0. The molecule has 2 aromatic heterocycles. The first kappa shape index (κ1) is 31.7. The van der Waals surface area contributed by atoms with Gasteiger partial charge in [0.05, 0.1) is 48.2 Å². The molecule has 234 valence electrons. The second-order valence-electron chi connectivity index (χ2n) is 10.8. The van der Waals surface area contributed by atoms with Crippen LogP contribution in [0.15, 0.2) is 69.6 Å². The third-order valence-electron chi connectivity index (χ3n) is 8.01. The van der Waals surface area contributed by atoms with Crippen LogP contribution >= 0.6 is 11.3 Å². The summed E-state index contributed by atoms with van der Waals surface area (Å²) in [5.74, 6) is -0.265. The molecule has 5 rings (SSSR count). The number of esters is 2. The van der Waals surface area contributed by atoms with Crippen LogP contribution in [0.3, 0.4) is 0 Å². The number of fused-ring (bicyclic) bond motifs is 1. The summed E-state index contributed by atoms with van der Waals surface area (Å²) < 4.78 is 20.1. The Labute approximate surface area is 265 Å². The van der Waals surface area contributed by atoms with Gasteiger partial charge in [-0.2, -0.15) is 0 Å². The van der Waals surface area contributed by atoms with Gasteiger partial charge in [0, 0.05) is 17.1 Å². The van der Waals surface area contributed by atoms with E-state index in [1.807, 2.05) is 76.2 Å². The van der Waals surface area contributed by atoms with Crippen molar-refractivity contribution >= 4 is 29.4 Å². The van der Waals surface area contributed by atoms with Crippen LogP contribution in [0.4, 0.5) is 0 Å². The molecule has 4 aromatic rings. The SMILES string of the molecule is CCCC1=C(C(=O)OCC)[C@@H](c2cccc(OC)c2)n2c(s/c(=C/c3cc(C)n(-c4cccc(C(=O)OC)c4C)c3C)c2=O)=N1. The maximum Gasteiger partial charge on any atom is 0.338 e. The fourth-order valence-corrected chi connectivity index (χ4v) is 6.90.